The van der Waals surface area contributed by atoms with Gasteiger partial charge in [0.1, 0.15) is 11.4 Å². The third-order valence-corrected chi connectivity index (χ3v) is 4.86. The molecule has 1 fully saturated rings. The van der Waals surface area contributed by atoms with Gasteiger partial charge in [-0.05, 0) is 18.2 Å². The maximum absolute atomic E-state index is 12.8. The Kier molecular flexibility index (Phi) is 4.78. The van der Waals surface area contributed by atoms with Crippen LogP contribution in [0.4, 0.5) is 5.69 Å². The number of anilines is 1. The van der Waals surface area contributed by atoms with E-state index >= 15 is 0 Å². The molecule has 0 bridgehead atoms. The average Bonchev–Trinajstić information content (AvgIpc) is 3.24. The quantitative estimate of drug-likeness (QED) is 0.775. The summed E-state index contributed by atoms with van der Waals surface area (Å²) in [4.78, 5) is 17.0. The van der Waals surface area contributed by atoms with Crippen molar-refractivity contribution in [3.05, 3.63) is 66.4 Å². The van der Waals surface area contributed by atoms with E-state index in [4.69, 9.17) is 4.74 Å². The third-order valence-electron chi connectivity index (χ3n) is 4.86. The number of amides is 1. The lowest BCUT2D eigenvalue weighted by Gasteiger charge is -2.36. The van der Waals surface area contributed by atoms with Crippen LogP contribution < -0.4 is 9.64 Å². The number of rotatable bonds is 4. The molecule has 0 unspecified atom stereocenters. The molecule has 1 amide bonds. The molecule has 1 N–H and O–H groups in total. The lowest BCUT2D eigenvalue weighted by Crippen LogP contribution is -2.48. The van der Waals surface area contributed by atoms with Crippen molar-refractivity contribution in [3.8, 4) is 17.0 Å². The summed E-state index contributed by atoms with van der Waals surface area (Å²) in [7, 11) is 1.67. The number of carbonyl (C=O) groups excluding carboxylic acids is 1. The molecule has 2 heterocycles. The minimum Gasteiger partial charge on any atom is -0.497 e. The molecule has 1 aromatic heterocycles. The van der Waals surface area contributed by atoms with Gasteiger partial charge >= 0.3 is 0 Å². The first-order chi connectivity index (χ1) is 13.2. The number of hydrogen-bond acceptors (Lipinski definition) is 4. The van der Waals surface area contributed by atoms with Crippen LogP contribution >= 0.6 is 0 Å². The minimum absolute atomic E-state index is 0.00465. The van der Waals surface area contributed by atoms with Crippen molar-refractivity contribution in [2.24, 2.45) is 0 Å². The van der Waals surface area contributed by atoms with Crippen LogP contribution in [-0.4, -0.2) is 54.3 Å². The summed E-state index contributed by atoms with van der Waals surface area (Å²) in [5, 5.41) is 7.18. The topological polar surface area (TPSA) is 61.5 Å². The summed E-state index contributed by atoms with van der Waals surface area (Å²) < 4.78 is 5.30. The molecule has 1 aliphatic heterocycles. The number of aromatic nitrogens is 2. The molecule has 0 spiro atoms. The molecule has 2 aromatic carbocycles. The molecule has 0 saturated carbocycles. The molecule has 27 heavy (non-hydrogen) atoms. The zero-order valence-electron chi connectivity index (χ0n) is 15.3. The van der Waals surface area contributed by atoms with E-state index in [9.17, 15) is 4.79 Å². The van der Waals surface area contributed by atoms with E-state index in [1.165, 1.54) is 0 Å². The van der Waals surface area contributed by atoms with Gasteiger partial charge in [-0.3, -0.25) is 9.89 Å². The van der Waals surface area contributed by atoms with Gasteiger partial charge in [-0.2, -0.15) is 5.10 Å². The van der Waals surface area contributed by atoms with E-state index in [1.807, 2.05) is 59.5 Å². The highest BCUT2D eigenvalue weighted by atomic mass is 16.5. The standard InChI is InChI=1S/C21H22N4O2/c1-27-18-9-5-8-17(14-18)24-10-12-25(13-11-24)21(26)20-15-19(22-23-20)16-6-3-2-4-7-16/h2-9,14-15H,10-13H2,1H3,(H,22,23). The van der Waals surface area contributed by atoms with Crippen LogP contribution in [0.5, 0.6) is 5.75 Å². The number of aromatic amines is 1. The number of ether oxygens (including phenoxy) is 1. The molecule has 0 radical (unpaired) electrons. The van der Waals surface area contributed by atoms with Crippen molar-refractivity contribution in [2.45, 2.75) is 0 Å². The lowest BCUT2D eigenvalue weighted by molar-refractivity contribution is 0.0741. The Labute approximate surface area is 158 Å². The van der Waals surface area contributed by atoms with Crippen LogP contribution in [0.3, 0.4) is 0 Å². The first-order valence-electron chi connectivity index (χ1n) is 9.04. The summed E-state index contributed by atoms with van der Waals surface area (Å²) in [5.74, 6) is 0.840. The fraction of sp³-hybridized carbons (Fsp3) is 0.238. The van der Waals surface area contributed by atoms with Crippen LogP contribution in [0.25, 0.3) is 11.3 Å². The zero-order valence-corrected chi connectivity index (χ0v) is 15.3. The number of nitrogens with one attached hydrogen (secondary N) is 1. The summed E-state index contributed by atoms with van der Waals surface area (Å²) in [6.45, 7) is 2.93. The monoisotopic (exact) mass is 362 g/mol. The number of H-pyrrole nitrogens is 1. The van der Waals surface area contributed by atoms with Crippen molar-refractivity contribution in [1.29, 1.82) is 0 Å². The van der Waals surface area contributed by atoms with Gasteiger partial charge < -0.3 is 14.5 Å². The van der Waals surface area contributed by atoms with Gasteiger partial charge in [0.15, 0.2) is 0 Å². The Morgan fingerprint density at radius 3 is 2.52 bits per heavy atom. The van der Waals surface area contributed by atoms with Crippen molar-refractivity contribution < 1.29 is 9.53 Å². The van der Waals surface area contributed by atoms with E-state index in [-0.39, 0.29) is 5.91 Å². The average molecular weight is 362 g/mol. The Hall–Kier alpha value is -3.28. The lowest BCUT2D eigenvalue weighted by atomic mass is 10.1. The number of nitrogens with zero attached hydrogens (tertiary/aromatic N) is 3. The Morgan fingerprint density at radius 2 is 1.78 bits per heavy atom. The van der Waals surface area contributed by atoms with Crippen molar-refractivity contribution in [1.82, 2.24) is 15.1 Å². The molecule has 4 rings (SSSR count). The van der Waals surface area contributed by atoms with Crippen LogP contribution in [0.15, 0.2) is 60.7 Å². The molecule has 0 aliphatic carbocycles. The first kappa shape index (κ1) is 17.1. The summed E-state index contributed by atoms with van der Waals surface area (Å²) >= 11 is 0. The Bertz CT molecular complexity index is 915. The highest BCUT2D eigenvalue weighted by molar-refractivity contribution is 5.93. The normalized spacial score (nSPS) is 14.3. The highest BCUT2D eigenvalue weighted by Crippen LogP contribution is 2.23. The maximum Gasteiger partial charge on any atom is 0.272 e. The van der Waals surface area contributed by atoms with Crippen LogP contribution in [-0.2, 0) is 0 Å². The molecule has 0 atom stereocenters. The third kappa shape index (κ3) is 3.65. The predicted octanol–water partition coefficient (Wildman–Crippen LogP) is 3.05. The number of piperazine rings is 1. The largest absolute Gasteiger partial charge is 0.497 e. The van der Waals surface area contributed by atoms with Gasteiger partial charge in [0.2, 0.25) is 0 Å². The minimum atomic E-state index is -0.00465. The van der Waals surface area contributed by atoms with Gasteiger partial charge in [-0.25, -0.2) is 0 Å². The summed E-state index contributed by atoms with van der Waals surface area (Å²) in [5.41, 5.74) is 3.43. The molecule has 1 saturated heterocycles. The Morgan fingerprint density at radius 1 is 1.00 bits per heavy atom. The number of carbonyl (C=O) groups is 1. The van der Waals surface area contributed by atoms with E-state index in [0.717, 1.165) is 35.8 Å². The highest BCUT2D eigenvalue weighted by Gasteiger charge is 2.24. The fourth-order valence-corrected chi connectivity index (χ4v) is 3.33. The number of hydrogen-bond donors (Lipinski definition) is 1. The predicted molar refractivity (Wildman–Crippen MR) is 105 cm³/mol. The second-order valence-electron chi connectivity index (χ2n) is 6.51. The molecule has 6 nitrogen and oxygen atoms in total. The van der Waals surface area contributed by atoms with Gasteiger partial charge in [0, 0.05) is 43.5 Å². The molecular weight excluding hydrogens is 340 g/mol. The van der Waals surface area contributed by atoms with Gasteiger partial charge in [0.05, 0.1) is 12.8 Å². The van der Waals surface area contributed by atoms with Gasteiger partial charge in [-0.15, -0.1) is 0 Å². The van der Waals surface area contributed by atoms with Gasteiger partial charge in [0.25, 0.3) is 5.91 Å². The smallest absolute Gasteiger partial charge is 0.272 e. The molecule has 6 heteroatoms. The number of benzene rings is 2. The van der Waals surface area contributed by atoms with Crippen molar-refractivity contribution >= 4 is 11.6 Å². The fourth-order valence-electron chi connectivity index (χ4n) is 3.33. The first-order valence-corrected chi connectivity index (χ1v) is 9.04. The molecule has 3 aromatic rings. The van der Waals surface area contributed by atoms with Crippen molar-refractivity contribution in [3.63, 3.8) is 0 Å². The van der Waals surface area contributed by atoms with Crippen LogP contribution in [0.2, 0.25) is 0 Å². The Balaban J connectivity index is 1.41. The summed E-state index contributed by atoms with van der Waals surface area (Å²) in [6, 6.07) is 19.7. The SMILES string of the molecule is COc1cccc(N2CCN(C(=O)c3cc(-c4ccccc4)n[nH]3)CC2)c1. The van der Waals surface area contributed by atoms with Crippen LogP contribution in [0.1, 0.15) is 10.5 Å². The van der Waals surface area contributed by atoms with E-state index in [1.54, 1.807) is 7.11 Å². The second kappa shape index (κ2) is 7.53. The number of methoxy groups -OCH3 is 1. The maximum atomic E-state index is 12.8. The van der Waals surface area contributed by atoms with E-state index in [0.29, 0.717) is 18.8 Å². The van der Waals surface area contributed by atoms with Crippen molar-refractivity contribution in [2.75, 3.05) is 38.2 Å². The second-order valence-corrected chi connectivity index (χ2v) is 6.51. The van der Waals surface area contributed by atoms with E-state index < -0.39 is 0 Å². The van der Waals surface area contributed by atoms with Gasteiger partial charge in [-0.1, -0.05) is 36.4 Å². The summed E-state index contributed by atoms with van der Waals surface area (Å²) in [6.07, 6.45) is 0. The molecule has 138 valence electrons. The molecule has 1 aliphatic rings. The van der Waals surface area contributed by atoms with Crippen LogP contribution in [0, 0.1) is 0 Å². The van der Waals surface area contributed by atoms with E-state index in [2.05, 4.69) is 21.2 Å². The molecular formula is C21H22N4O2. The zero-order chi connectivity index (χ0) is 18.6.